The maximum absolute atomic E-state index is 3.26. The standard InChI is InChI=1S/C11H13N.2C2H6/c1-7-6-8(2)11-10(9(7)3)4-5-12-11;2*1-2/h4-6,12H,1-3H3;2*1-2H3. The molecule has 0 saturated heterocycles. The van der Waals surface area contributed by atoms with E-state index in [0.29, 0.717) is 0 Å². The number of hydrogen-bond donors (Lipinski definition) is 1. The van der Waals surface area contributed by atoms with E-state index in [0.717, 1.165) is 0 Å². The molecule has 0 unspecified atom stereocenters. The summed E-state index contributed by atoms with van der Waals surface area (Å²) in [5.41, 5.74) is 5.37. The van der Waals surface area contributed by atoms with Crippen LogP contribution in [0.2, 0.25) is 0 Å². The Morgan fingerprint density at radius 1 is 0.875 bits per heavy atom. The largest absolute Gasteiger partial charge is 0.361 e. The Bertz CT molecular complexity index is 424. The van der Waals surface area contributed by atoms with Gasteiger partial charge in [0, 0.05) is 17.1 Å². The van der Waals surface area contributed by atoms with Gasteiger partial charge >= 0.3 is 0 Å². The molecule has 0 saturated carbocycles. The summed E-state index contributed by atoms with van der Waals surface area (Å²) in [5, 5.41) is 1.35. The van der Waals surface area contributed by atoms with E-state index >= 15 is 0 Å². The maximum Gasteiger partial charge on any atom is 0.0486 e. The molecule has 0 aliphatic rings. The lowest BCUT2D eigenvalue weighted by Gasteiger charge is -2.04. The van der Waals surface area contributed by atoms with Crippen LogP contribution in [0.5, 0.6) is 0 Å². The first-order valence-corrected chi connectivity index (χ1v) is 6.24. The zero-order chi connectivity index (χ0) is 12.7. The fraction of sp³-hybridized carbons (Fsp3) is 0.467. The highest BCUT2D eigenvalue weighted by Crippen LogP contribution is 2.23. The first-order valence-electron chi connectivity index (χ1n) is 6.24. The van der Waals surface area contributed by atoms with Gasteiger partial charge < -0.3 is 4.98 Å². The summed E-state index contributed by atoms with van der Waals surface area (Å²) in [6, 6.07) is 4.37. The van der Waals surface area contributed by atoms with Gasteiger partial charge in [0.05, 0.1) is 0 Å². The second-order valence-electron chi connectivity index (χ2n) is 3.40. The van der Waals surface area contributed by atoms with Gasteiger partial charge in [0.2, 0.25) is 0 Å². The van der Waals surface area contributed by atoms with Gasteiger partial charge in [0.25, 0.3) is 0 Å². The number of aromatic nitrogens is 1. The molecule has 1 heteroatoms. The first-order chi connectivity index (χ1) is 7.70. The zero-order valence-electron chi connectivity index (χ0n) is 11.7. The molecule has 0 aliphatic heterocycles. The quantitative estimate of drug-likeness (QED) is 0.631. The number of nitrogens with one attached hydrogen (secondary N) is 1. The number of hydrogen-bond acceptors (Lipinski definition) is 0. The third kappa shape index (κ3) is 2.88. The van der Waals surface area contributed by atoms with Crippen LogP contribution in [0.25, 0.3) is 10.9 Å². The van der Waals surface area contributed by atoms with Gasteiger partial charge in [-0.2, -0.15) is 0 Å². The highest BCUT2D eigenvalue weighted by molar-refractivity contribution is 5.86. The number of aromatic amines is 1. The first kappa shape index (κ1) is 14.8. The van der Waals surface area contributed by atoms with Gasteiger partial charge in [-0.3, -0.25) is 0 Å². The van der Waals surface area contributed by atoms with Crippen LogP contribution in [-0.4, -0.2) is 4.98 Å². The highest BCUT2D eigenvalue weighted by atomic mass is 14.7. The average molecular weight is 219 g/mol. The second kappa shape index (κ2) is 7.10. The Hall–Kier alpha value is -1.24. The van der Waals surface area contributed by atoms with E-state index in [4.69, 9.17) is 0 Å². The van der Waals surface area contributed by atoms with Gasteiger partial charge in [-0.1, -0.05) is 33.8 Å². The lowest BCUT2D eigenvalue weighted by Crippen LogP contribution is -1.85. The summed E-state index contributed by atoms with van der Waals surface area (Å²) in [6.07, 6.45) is 2.00. The van der Waals surface area contributed by atoms with E-state index in [1.54, 1.807) is 0 Å². The molecule has 0 radical (unpaired) electrons. The van der Waals surface area contributed by atoms with E-state index in [-0.39, 0.29) is 0 Å². The van der Waals surface area contributed by atoms with Crippen molar-refractivity contribution in [2.75, 3.05) is 0 Å². The summed E-state index contributed by atoms with van der Waals surface area (Å²) in [5.74, 6) is 0. The summed E-state index contributed by atoms with van der Waals surface area (Å²) in [6.45, 7) is 14.5. The molecular weight excluding hydrogens is 194 g/mol. The molecule has 0 spiro atoms. The predicted molar refractivity (Wildman–Crippen MR) is 75.2 cm³/mol. The highest BCUT2D eigenvalue weighted by Gasteiger charge is 2.03. The number of H-pyrrole nitrogens is 1. The molecule has 1 N–H and O–H groups in total. The zero-order valence-corrected chi connectivity index (χ0v) is 11.7. The molecule has 0 bridgehead atoms. The summed E-state index contributed by atoms with van der Waals surface area (Å²) >= 11 is 0. The predicted octanol–water partition coefficient (Wildman–Crippen LogP) is 5.15. The monoisotopic (exact) mass is 219 g/mol. The number of benzene rings is 1. The molecule has 16 heavy (non-hydrogen) atoms. The molecule has 1 heterocycles. The van der Waals surface area contributed by atoms with E-state index in [1.165, 1.54) is 27.6 Å². The molecule has 90 valence electrons. The normalized spacial score (nSPS) is 8.94. The Labute approximate surface area is 99.9 Å². The van der Waals surface area contributed by atoms with Crippen LogP contribution in [0.4, 0.5) is 0 Å². The van der Waals surface area contributed by atoms with Crippen LogP contribution in [0, 0.1) is 20.8 Å². The molecule has 1 nitrogen and oxygen atoms in total. The fourth-order valence-corrected chi connectivity index (χ4v) is 1.73. The minimum absolute atomic E-state index is 1.28. The molecule has 1 aromatic carbocycles. The van der Waals surface area contributed by atoms with Crippen LogP contribution in [0.1, 0.15) is 44.4 Å². The molecule has 1 aromatic heterocycles. The van der Waals surface area contributed by atoms with Crippen molar-refractivity contribution in [3.8, 4) is 0 Å². The minimum atomic E-state index is 1.28. The van der Waals surface area contributed by atoms with Gasteiger partial charge in [-0.05, 0) is 43.5 Å². The van der Waals surface area contributed by atoms with Crippen LogP contribution in [0.15, 0.2) is 18.3 Å². The third-order valence-electron chi connectivity index (χ3n) is 2.57. The van der Waals surface area contributed by atoms with Crippen molar-refractivity contribution in [2.45, 2.75) is 48.5 Å². The summed E-state index contributed by atoms with van der Waals surface area (Å²) < 4.78 is 0. The topological polar surface area (TPSA) is 15.8 Å². The van der Waals surface area contributed by atoms with E-state index in [2.05, 4.69) is 37.9 Å². The molecule has 0 atom stereocenters. The van der Waals surface area contributed by atoms with Crippen LogP contribution in [-0.2, 0) is 0 Å². The fourth-order valence-electron chi connectivity index (χ4n) is 1.73. The van der Waals surface area contributed by atoms with Crippen molar-refractivity contribution in [3.63, 3.8) is 0 Å². The molecule has 2 rings (SSSR count). The Morgan fingerprint density at radius 2 is 1.44 bits per heavy atom. The third-order valence-corrected chi connectivity index (χ3v) is 2.57. The van der Waals surface area contributed by atoms with Crippen molar-refractivity contribution in [1.29, 1.82) is 0 Å². The molecule has 0 fully saturated rings. The van der Waals surface area contributed by atoms with Gasteiger partial charge in [-0.15, -0.1) is 0 Å². The van der Waals surface area contributed by atoms with Gasteiger partial charge in [0.1, 0.15) is 0 Å². The molecular formula is C15H25N. The van der Waals surface area contributed by atoms with Crippen molar-refractivity contribution in [2.24, 2.45) is 0 Å². The number of fused-ring (bicyclic) bond motifs is 1. The van der Waals surface area contributed by atoms with Crippen molar-refractivity contribution >= 4 is 10.9 Å². The van der Waals surface area contributed by atoms with Gasteiger partial charge in [0.15, 0.2) is 0 Å². The van der Waals surface area contributed by atoms with Crippen LogP contribution < -0.4 is 0 Å². The Kier molecular flexibility index (Phi) is 6.55. The van der Waals surface area contributed by atoms with Crippen molar-refractivity contribution in [3.05, 3.63) is 35.0 Å². The smallest absolute Gasteiger partial charge is 0.0486 e. The molecule has 0 aliphatic carbocycles. The van der Waals surface area contributed by atoms with E-state index in [1.807, 2.05) is 33.9 Å². The lowest BCUT2D eigenvalue weighted by molar-refractivity contribution is 1.33. The minimum Gasteiger partial charge on any atom is -0.361 e. The average Bonchev–Trinajstić information content (AvgIpc) is 2.81. The van der Waals surface area contributed by atoms with Gasteiger partial charge in [-0.25, -0.2) is 0 Å². The molecule has 2 aromatic rings. The molecule has 0 amide bonds. The van der Waals surface area contributed by atoms with Crippen LogP contribution >= 0.6 is 0 Å². The Morgan fingerprint density at radius 3 is 2.00 bits per heavy atom. The summed E-state index contributed by atoms with van der Waals surface area (Å²) in [4.78, 5) is 3.26. The number of aryl methyl sites for hydroxylation is 3. The summed E-state index contributed by atoms with van der Waals surface area (Å²) in [7, 11) is 0. The van der Waals surface area contributed by atoms with Crippen molar-refractivity contribution < 1.29 is 0 Å². The number of rotatable bonds is 0. The SMILES string of the molecule is CC.CC.Cc1cc(C)c2[nH]ccc2c1C. The van der Waals surface area contributed by atoms with E-state index < -0.39 is 0 Å². The van der Waals surface area contributed by atoms with E-state index in [9.17, 15) is 0 Å². The Balaban J connectivity index is 0.000000509. The van der Waals surface area contributed by atoms with Crippen molar-refractivity contribution in [1.82, 2.24) is 4.98 Å². The second-order valence-corrected chi connectivity index (χ2v) is 3.40. The lowest BCUT2D eigenvalue weighted by atomic mass is 10.0. The maximum atomic E-state index is 3.26. The van der Waals surface area contributed by atoms with Crippen LogP contribution in [0.3, 0.4) is 0 Å².